The third kappa shape index (κ3) is 5.67. The molecule has 0 spiro atoms. The van der Waals surface area contributed by atoms with Crippen molar-refractivity contribution in [3.8, 4) is 40.1 Å². The van der Waals surface area contributed by atoms with E-state index < -0.39 is 113 Å². The van der Waals surface area contributed by atoms with E-state index in [0.29, 0.717) is 0 Å². The summed E-state index contributed by atoms with van der Waals surface area (Å²) in [7, 11) is 0. The van der Waals surface area contributed by atoms with Crippen molar-refractivity contribution in [1.82, 2.24) is 0 Å². The number of ether oxygens (including phenoxy) is 4. The van der Waals surface area contributed by atoms with Gasteiger partial charge in [-0.1, -0.05) is 0 Å². The molecular formula is C27H30O16. The van der Waals surface area contributed by atoms with Gasteiger partial charge in [0.25, 0.3) is 0 Å². The Hall–Kier alpha value is -3.71. The number of rotatable bonds is 6. The van der Waals surface area contributed by atoms with Crippen molar-refractivity contribution in [2.45, 2.75) is 68.3 Å². The van der Waals surface area contributed by atoms with E-state index in [2.05, 4.69) is 0 Å². The fourth-order valence-corrected chi connectivity index (χ4v) is 4.84. The Kier molecular flexibility index (Phi) is 8.41. The van der Waals surface area contributed by atoms with E-state index in [1.54, 1.807) is 0 Å². The lowest BCUT2D eigenvalue weighted by atomic mass is 9.98. The number of hydrogen-bond donors (Lipinski definition) is 10. The summed E-state index contributed by atoms with van der Waals surface area (Å²) in [6.45, 7) is 0.818. The Morgan fingerprint density at radius 3 is 2.12 bits per heavy atom. The molecule has 234 valence electrons. The van der Waals surface area contributed by atoms with Crippen molar-refractivity contribution in [1.29, 1.82) is 0 Å². The van der Waals surface area contributed by atoms with Gasteiger partial charge in [-0.05, 0) is 25.1 Å². The van der Waals surface area contributed by atoms with Crippen LogP contribution >= 0.6 is 0 Å². The lowest BCUT2D eigenvalue weighted by Crippen LogP contribution is -2.61. The first kappa shape index (κ1) is 30.7. The Morgan fingerprint density at radius 2 is 1.42 bits per heavy atom. The van der Waals surface area contributed by atoms with Crippen LogP contribution in [0.15, 0.2) is 39.5 Å². The van der Waals surface area contributed by atoms with Gasteiger partial charge in [-0.15, -0.1) is 0 Å². The summed E-state index contributed by atoms with van der Waals surface area (Å²) in [5.74, 6) is -3.33. The molecule has 3 heterocycles. The van der Waals surface area contributed by atoms with Crippen LogP contribution < -0.4 is 10.2 Å². The van der Waals surface area contributed by atoms with E-state index in [4.69, 9.17) is 23.4 Å². The lowest BCUT2D eigenvalue weighted by molar-refractivity contribution is -0.318. The van der Waals surface area contributed by atoms with E-state index in [0.717, 1.165) is 24.3 Å². The molecule has 2 aliphatic heterocycles. The summed E-state index contributed by atoms with van der Waals surface area (Å²) in [6, 6.07) is 5.24. The molecule has 2 fully saturated rings. The Balaban J connectivity index is 1.48. The number of phenols is 4. The number of aromatic hydroxyl groups is 4. The molecule has 16 nitrogen and oxygen atoms in total. The van der Waals surface area contributed by atoms with Crippen molar-refractivity contribution >= 4 is 11.0 Å². The van der Waals surface area contributed by atoms with Crippen LogP contribution in [0.3, 0.4) is 0 Å². The molecule has 3 aromatic rings. The highest BCUT2D eigenvalue weighted by Gasteiger charge is 2.47. The molecule has 0 radical (unpaired) electrons. The molecule has 2 saturated heterocycles. The van der Waals surface area contributed by atoms with E-state index in [9.17, 15) is 55.9 Å². The highest BCUT2D eigenvalue weighted by Crippen LogP contribution is 2.39. The molecule has 10 N–H and O–H groups in total. The highest BCUT2D eigenvalue weighted by atomic mass is 16.7. The van der Waals surface area contributed by atoms with Crippen LogP contribution in [-0.4, -0.2) is 119 Å². The second-order valence-corrected chi connectivity index (χ2v) is 10.3. The van der Waals surface area contributed by atoms with Gasteiger partial charge in [-0.2, -0.15) is 0 Å². The molecular weight excluding hydrogens is 580 g/mol. The Morgan fingerprint density at radius 1 is 0.744 bits per heavy atom. The van der Waals surface area contributed by atoms with Gasteiger partial charge >= 0.3 is 0 Å². The maximum atomic E-state index is 13.6. The third-order valence-electron chi connectivity index (χ3n) is 7.29. The van der Waals surface area contributed by atoms with Crippen LogP contribution in [0.2, 0.25) is 0 Å². The predicted octanol–water partition coefficient (Wildman–Crippen LogP) is -1.69. The van der Waals surface area contributed by atoms with Gasteiger partial charge in [0.05, 0.1) is 12.7 Å². The molecule has 16 heteroatoms. The SMILES string of the molecule is CC1O[C@@H](OC[C@H]2O[C@@H](Oc3c(-c4ccc(O)c(O)c4)oc4cc(O)cc(O)c4c3=O)C(O)C(O)[C@@H]2O)[C@@H](O)C(O)[C@H]1O. The summed E-state index contributed by atoms with van der Waals surface area (Å²) in [5, 5.41) is 101. The maximum Gasteiger partial charge on any atom is 0.239 e. The lowest BCUT2D eigenvalue weighted by Gasteiger charge is -2.42. The van der Waals surface area contributed by atoms with Crippen LogP contribution in [0.5, 0.6) is 28.7 Å². The first-order valence-corrected chi connectivity index (χ1v) is 13.0. The second-order valence-electron chi connectivity index (χ2n) is 10.3. The zero-order valence-corrected chi connectivity index (χ0v) is 22.3. The number of hydrogen-bond acceptors (Lipinski definition) is 16. The van der Waals surface area contributed by atoms with E-state index in [1.807, 2.05) is 0 Å². The molecule has 0 bridgehead atoms. The van der Waals surface area contributed by atoms with Gasteiger partial charge in [0.2, 0.25) is 17.5 Å². The van der Waals surface area contributed by atoms with Gasteiger partial charge in [0.15, 0.2) is 23.5 Å². The van der Waals surface area contributed by atoms with Crippen molar-refractivity contribution in [2.75, 3.05) is 6.61 Å². The van der Waals surface area contributed by atoms with Crippen molar-refractivity contribution in [2.24, 2.45) is 0 Å². The average molecular weight is 611 g/mol. The molecule has 2 aromatic carbocycles. The Bertz CT molecular complexity index is 1540. The van der Waals surface area contributed by atoms with Crippen LogP contribution in [0.1, 0.15) is 6.92 Å². The zero-order chi connectivity index (χ0) is 31.3. The summed E-state index contributed by atoms with van der Waals surface area (Å²) < 4.78 is 27.8. The fraction of sp³-hybridized carbons (Fsp3) is 0.444. The summed E-state index contributed by atoms with van der Waals surface area (Å²) in [5.41, 5.74) is -1.35. The van der Waals surface area contributed by atoms with Crippen LogP contribution in [0.25, 0.3) is 22.3 Å². The molecule has 5 rings (SSSR count). The van der Waals surface area contributed by atoms with Gasteiger partial charge in [0, 0.05) is 17.7 Å². The molecule has 0 amide bonds. The minimum absolute atomic E-state index is 0.0313. The summed E-state index contributed by atoms with van der Waals surface area (Å²) in [4.78, 5) is 13.6. The molecule has 0 saturated carbocycles. The number of phenolic OH excluding ortho intramolecular Hbond substituents is 4. The summed E-state index contributed by atoms with van der Waals surface area (Å²) >= 11 is 0. The van der Waals surface area contributed by atoms with Crippen LogP contribution in [-0.2, 0) is 14.2 Å². The van der Waals surface area contributed by atoms with E-state index in [-0.39, 0.29) is 11.1 Å². The first-order chi connectivity index (χ1) is 20.3. The molecule has 0 aliphatic carbocycles. The Labute approximate surface area is 241 Å². The van der Waals surface area contributed by atoms with Gasteiger partial charge in [-0.25, -0.2) is 0 Å². The first-order valence-electron chi connectivity index (χ1n) is 13.0. The largest absolute Gasteiger partial charge is 0.508 e. The number of aliphatic hydroxyl groups is 6. The van der Waals surface area contributed by atoms with Crippen molar-refractivity contribution in [3.05, 3.63) is 40.6 Å². The van der Waals surface area contributed by atoms with Crippen LogP contribution in [0, 0.1) is 0 Å². The fourth-order valence-electron chi connectivity index (χ4n) is 4.84. The topological polar surface area (TPSA) is 269 Å². The van der Waals surface area contributed by atoms with E-state index >= 15 is 0 Å². The number of fused-ring (bicyclic) bond motifs is 1. The predicted molar refractivity (Wildman–Crippen MR) is 140 cm³/mol. The van der Waals surface area contributed by atoms with Gasteiger partial charge in [0.1, 0.15) is 65.2 Å². The number of benzene rings is 2. The van der Waals surface area contributed by atoms with E-state index in [1.165, 1.54) is 13.0 Å². The molecule has 2 aliphatic rings. The molecule has 1 aromatic heterocycles. The quantitative estimate of drug-likeness (QED) is 0.140. The second kappa shape index (κ2) is 11.8. The summed E-state index contributed by atoms with van der Waals surface area (Å²) in [6.07, 6.45) is -16.2. The van der Waals surface area contributed by atoms with Gasteiger partial charge < -0.3 is 74.4 Å². The normalized spacial score (nSPS) is 33.0. The van der Waals surface area contributed by atoms with Gasteiger partial charge in [-0.3, -0.25) is 4.79 Å². The standard InChI is InChI=1S/C27H30O16/c1-8-17(32)20(35)22(37)26(40-8)39-7-15-18(33)21(36)23(38)27(42-15)43-25-19(34)16-13(31)5-10(28)6-14(16)41-24(25)9-2-3-11(29)12(30)4-9/h2-6,8,15,17-18,20-23,26-33,35-38H,7H2,1H3/t8?,15-,17+,18-,20?,21?,22+,23?,26-,27+/m1/s1. The minimum Gasteiger partial charge on any atom is -0.508 e. The number of aliphatic hydroxyl groups excluding tert-OH is 6. The smallest absolute Gasteiger partial charge is 0.239 e. The minimum atomic E-state index is -1.97. The third-order valence-corrected chi connectivity index (χ3v) is 7.29. The molecule has 43 heavy (non-hydrogen) atoms. The monoisotopic (exact) mass is 610 g/mol. The van der Waals surface area contributed by atoms with Crippen molar-refractivity contribution < 1.29 is 74.4 Å². The maximum absolute atomic E-state index is 13.6. The average Bonchev–Trinajstić information content (AvgIpc) is 2.96. The highest BCUT2D eigenvalue weighted by molar-refractivity contribution is 5.88. The molecule has 10 atom stereocenters. The van der Waals surface area contributed by atoms with Crippen molar-refractivity contribution in [3.63, 3.8) is 0 Å². The zero-order valence-electron chi connectivity index (χ0n) is 22.3. The molecule has 4 unspecified atom stereocenters. The van der Waals surface area contributed by atoms with Crippen LogP contribution in [0.4, 0.5) is 0 Å².